The van der Waals surface area contributed by atoms with E-state index >= 15 is 0 Å². The van der Waals surface area contributed by atoms with Crippen LogP contribution in [0, 0.1) is 0 Å². The number of hydrogen-bond donors (Lipinski definition) is 0. The van der Waals surface area contributed by atoms with Gasteiger partial charge >= 0.3 is 13.8 Å². The average Bonchev–Trinajstić information content (AvgIpc) is 2.16. The van der Waals surface area contributed by atoms with Gasteiger partial charge in [0.2, 0.25) is 6.29 Å². The summed E-state index contributed by atoms with van der Waals surface area (Å²) in [7, 11) is -0.852. The molecule has 0 aromatic rings. The molecule has 0 aromatic heterocycles. The van der Waals surface area contributed by atoms with Gasteiger partial charge in [-0.3, -0.25) is 9.09 Å². The lowest BCUT2D eigenvalue weighted by Crippen LogP contribution is -2.18. The molecule has 0 rings (SSSR count). The molecule has 0 spiro atoms. The van der Waals surface area contributed by atoms with Crippen molar-refractivity contribution in [1.82, 2.24) is 0 Å². The monoisotopic (exact) mass is 224 g/mol. The van der Waals surface area contributed by atoms with Crippen LogP contribution in [0.3, 0.4) is 0 Å². The highest BCUT2D eigenvalue weighted by atomic mass is 31.2. The molecule has 0 aliphatic heterocycles. The Morgan fingerprint density at radius 3 is 2.43 bits per heavy atom. The fourth-order valence-electron chi connectivity index (χ4n) is 0.487. The van der Waals surface area contributed by atoms with Gasteiger partial charge in [0, 0.05) is 13.8 Å². The Morgan fingerprint density at radius 1 is 1.50 bits per heavy atom. The summed E-state index contributed by atoms with van der Waals surface area (Å²) in [6.45, 7) is 4.57. The van der Waals surface area contributed by atoms with Crippen molar-refractivity contribution in [2.45, 2.75) is 6.29 Å². The first kappa shape index (κ1) is 13.2. The summed E-state index contributed by atoms with van der Waals surface area (Å²) < 4.78 is 29.4. The topological polar surface area (TPSA) is 71.1 Å². The second-order valence-corrected chi connectivity index (χ2v) is 4.35. The maximum absolute atomic E-state index is 11.3. The molecule has 14 heavy (non-hydrogen) atoms. The molecule has 0 fully saturated rings. The number of carbonyl (C=O) groups excluding carboxylic acids is 1. The lowest BCUT2D eigenvalue weighted by atomic mass is 10.6. The van der Waals surface area contributed by atoms with Crippen LogP contribution in [0.15, 0.2) is 12.7 Å². The third-order valence-corrected chi connectivity index (χ3v) is 2.45. The van der Waals surface area contributed by atoms with Crippen LogP contribution >= 0.6 is 7.60 Å². The van der Waals surface area contributed by atoms with Crippen LogP contribution in [0.1, 0.15) is 0 Å². The van der Waals surface area contributed by atoms with Crippen LogP contribution in [0.5, 0.6) is 0 Å². The van der Waals surface area contributed by atoms with Crippen molar-refractivity contribution in [3.63, 3.8) is 0 Å². The molecular weight excluding hydrogens is 211 g/mol. The Labute approximate surface area is 82.3 Å². The van der Waals surface area contributed by atoms with Crippen LogP contribution in [0.4, 0.5) is 4.79 Å². The van der Waals surface area contributed by atoms with Gasteiger partial charge in [-0.05, 0) is 6.08 Å². The zero-order valence-corrected chi connectivity index (χ0v) is 9.15. The molecule has 0 amide bonds. The van der Waals surface area contributed by atoms with Crippen molar-refractivity contribution in [1.29, 1.82) is 0 Å². The Morgan fingerprint density at radius 2 is 2.07 bits per heavy atom. The van der Waals surface area contributed by atoms with E-state index in [1.807, 2.05) is 0 Å². The van der Waals surface area contributed by atoms with E-state index in [-0.39, 0.29) is 0 Å². The molecule has 6 nitrogen and oxygen atoms in total. The zero-order valence-electron chi connectivity index (χ0n) is 8.26. The molecule has 0 aliphatic rings. The molecule has 0 unspecified atom stereocenters. The highest BCUT2D eigenvalue weighted by molar-refractivity contribution is 7.52. The van der Waals surface area contributed by atoms with Crippen LogP contribution in [0.2, 0.25) is 0 Å². The molecular formula is C7H13O6P. The summed E-state index contributed by atoms with van der Waals surface area (Å²) in [6, 6.07) is 0. The standard InChI is InChI=1S/C7H13O6P/c1-5-6(12-7(8)10-2)13-14(4,9)11-3/h5-6H,1H2,2-4H3/t6-,14-/m0/s1. The molecule has 2 atom stereocenters. The largest absolute Gasteiger partial charge is 0.510 e. The molecule has 0 aromatic carbocycles. The second-order valence-electron chi connectivity index (χ2n) is 2.24. The van der Waals surface area contributed by atoms with Crippen LogP contribution < -0.4 is 0 Å². The van der Waals surface area contributed by atoms with Crippen LogP contribution in [-0.2, 0) is 23.1 Å². The van der Waals surface area contributed by atoms with Gasteiger partial charge in [-0.15, -0.1) is 0 Å². The van der Waals surface area contributed by atoms with Gasteiger partial charge in [0.1, 0.15) is 0 Å². The van der Waals surface area contributed by atoms with Gasteiger partial charge in [-0.2, -0.15) is 0 Å². The molecule has 0 saturated heterocycles. The Bertz CT molecular complexity index is 251. The Hall–Kier alpha value is -0.840. The quantitative estimate of drug-likeness (QED) is 0.306. The van der Waals surface area contributed by atoms with Crippen molar-refractivity contribution in [3.8, 4) is 0 Å². The SMILES string of the molecule is C=C[C@@H](OC(=O)OC)O[P@@](C)(=O)OC. The number of carbonyl (C=O) groups is 1. The highest BCUT2D eigenvalue weighted by Crippen LogP contribution is 2.44. The fraction of sp³-hybridized carbons (Fsp3) is 0.571. The smallest absolute Gasteiger partial charge is 0.438 e. The van der Waals surface area contributed by atoms with Gasteiger partial charge in [-0.25, -0.2) is 4.79 Å². The van der Waals surface area contributed by atoms with Crippen molar-refractivity contribution >= 4 is 13.8 Å². The number of methoxy groups -OCH3 is 1. The summed E-state index contributed by atoms with van der Waals surface area (Å²) in [5.41, 5.74) is 0. The van der Waals surface area contributed by atoms with E-state index in [2.05, 4.69) is 20.6 Å². The minimum atomic E-state index is -3.22. The molecule has 0 heterocycles. The zero-order chi connectivity index (χ0) is 11.2. The molecule has 7 heteroatoms. The first-order chi connectivity index (χ1) is 6.45. The summed E-state index contributed by atoms with van der Waals surface area (Å²) >= 11 is 0. The van der Waals surface area contributed by atoms with Gasteiger partial charge in [-0.1, -0.05) is 6.58 Å². The molecule has 0 saturated carbocycles. The highest BCUT2D eigenvalue weighted by Gasteiger charge is 2.22. The van der Waals surface area contributed by atoms with E-state index in [0.717, 1.165) is 13.2 Å². The fourth-order valence-corrected chi connectivity index (χ4v) is 1.08. The molecule has 0 bridgehead atoms. The van der Waals surface area contributed by atoms with E-state index in [0.29, 0.717) is 0 Å². The summed E-state index contributed by atoms with van der Waals surface area (Å²) in [6.07, 6.45) is -0.948. The Balaban J connectivity index is 4.23. The summed E-state index contributed by atoms with van der Waals surface area (Å²) in [5.74, 6) is 0. The lowest BCUT2D eigenvalue weighted by molar-refractivity contribution is -0.0347. The Kier molecular flexibility index (Phi) is 5.45. The van der Waals surface area contributed by atoms with E-state index in [9.17, 15) is 9.36 Å². The molecule has 0 N–H and O–H groups in total. The number of rotatable bonds is 5. The lowest BCUT2D eigenvalue weighted by Gasteiger charge is -2.17. The third-order valence-electron chi connectivity index (χ3n) is 1.20. The van der Waals surface area contributed by atoms with E-state index in [1.165, 1.54) is 13.8 Å². The minimum absolute atomic E-state index is 0.953. The number of ether oxygens (including phenoxy) is 2. The average molecular weight is 224 g/mol. The van der Waals surface area contributed by atoms with Gasteiger partial charge in [0.05, 0.1) is 7.11 Å². The molecule has 0 radical (unpaired) electrons. The van der Waals surface area contributed by atoms with Gasteiger partial charge < -0.3 is 14.0 Å². The van der Waals surface area contributed by atoms with Crippen molar-refractivity contribution < 1.29 is 27.9 Å². The van der Waals surface area contributed by atoms with E-state index < -0.39 is 20.0 Å². The minimum Gasteiger partial charge on any atom is -0.438 e. The van der Waals surface area contributed by atoms with Gasteiger partial charge in [0.25, 0.3) is 0 Å². The van der Waals surface area contributed by atoms with E-state index in [4.69, 9.17) is 4.52 Å². The second kappa shape index (κ2) is 5.80. The predicted octanol–water partition coefficient (Wildman–Crippen LogP) is 1.77. The summed E-state index contributed by atoms with van der Waals surface area (Å²) in [4.78, 5) is 10.7. The van der Waals surface area contributed by atoms with E-state index in [1.54, 1.807) is 0 Å². The first-order valence-corrected chi connectivity index (χ1v) is 5.63. The maximum atomic E-state index is 11.3. The van der Waals surface area contributed by atoms with Crippen LogP contribution in [0.25, 0.3) is 0 Å². The molecule has 82 valence electrons. The molecule has 0 aliphatic carbocycles. The van der Waals surface area contributed by atoms with Crippen molar-refractivity contribution in [2.75, 3.05) is 20.9 Å². The maximum Gasteiger partial charge on any atom is 0.510 e. The summed E-state index contributed by atoms with van der Waals surface area (Å²) in [5, 5.41) is 0. The third kappa shape index (κ3) is 5.01. The number of hydrogen-bond acceptors (Lipinski definition) is 6. The first-order valence-electron chi connectivity index (χ1n) is 3.64. The predicted molar refractivity (Wildman–Crippen MR) is 49.1 cm³/mol. The van der Waals surface area contributed by atoms with Gasteiger partial charge in [0.15, 0.2) is 0 Å². The van der Waals surface area contributed by atoms with Crippen LogP contribution in [-0.4, -0.2) is 33.3 Å². The van der Waals surface area contributed by atoms with Crippen molar-refractivity contribution in [2.24, 2.45) is 0 Å². The van der Waals surface area contributed by atoms with Crippen molar-refractivity contribution in [3.05, 3.63) is 12.7 Å². The normalized spacial score (nSPS) is 16.5.